The van der Waals surface area contributed by atoms with Crippen LogP contribution in [0.1, 0.15) is 11.5 Å². The van der Waals surface area contributed by atoms with Gasteiger partial charge in [0.15, 0.2) is 6.61 Å². The van der Waals surface area contributed by atoms with E-state index in [0.29, 0.717) is 17.5 Å². The fraction of sp³-hybridized carbons (Fsp3) is 0.167. The molecule has 4 aromatic rings. The molecule has 0 bridgehead atoms. The summed E-state index contributed by atoms with van der Waals surface area (Å²) in [6.45, 7) is 2.12. The summed E-state index contributed by atoms with van der Waals surface area (Å²) in [6.07, 6.45) is 1.51. The second-order valence-corrected chi connectivity index (χ2v) is 5.74. The molecule has 0 atom stereocenters. The first-order chi connectivity index (χ1) is 13.2. The zero-order chi connectivity index (χ0) is 18.6. The molecule has 9 heteroatoms. The van der Waals surface area contributed by atoms with Crippen molar-refractivity contribution < 1.29 is 14.0 Å². The third kappa shape index (κ3) is 3.61. The SMILES string of the molecule is COc1cc(-c2noc(COc3cccc(-n4cnnn4)c3)n2)ccc1C. The molecule has 0 aliphatic rings. The summed E-state index contributed by atoms with van der Waals surface area (Å²) < 4.78 is 17.9. The smallest absolute Gasteiger partial charge is 0.264 e. The Bertz CT molecular complexity index is 1040. The van der Waals surface area contributed by atoms with Crippen LogP contribution in [0.4, 0.5) is 0 Å². The molecule has 27 heavy (non-hydrogen) atoms. The van der Waals surface area contributed by atoms with Gasteiger partial charge in [-0.1, -0.05) is 23.4 Å². The van der Waals surface area contributed by atoms with Crippen molar-refractivity contribution in [3.63, 3.8) is 0 Å². The number of hydrogen-bond donors (Lipinski definition) is 0. The van der Waals surface area contributed by atoms with E-state index in [1.54, 1.807) is 11.8 Å². The summed E-state index contributed by atoms with van der Waals surface area (Å²) in [7, 11) is 1.63. The molecule has 0 saturated heterocycles. The number of nitrogens with zero attached hydrogens (tertiary/aromatic N) is 6. The van der Waals surface area contributed by atoms with Crippen molar-refractivity contribution in [2.45, 2.75) is 13.5 Å². The van der Waals surface area contributed by atoms with E-state index in [2.05, 4.69) is 25.7 Å². The maximum absolute atomic E-state index is 5.74. The van der Waals surface area contributed by atoms with Gasteiger partial charge in [0.05, 0.1) is 12.8 Å². The third-order valence-electron chi connectivity index (χ3n) is 3.93. The first-order valence-electron chi connectivity index (χ1n) is 8.17. The van der Waals surface area contributed by atoms with Gasteiger partial charge < -0.3 is 14.0 Å². The van der Waals surface area contributed by atoms with Crippen molar-refractivity contribution in [2.24, 2.45) is 0 Å². The normalized spacial score (nSPS) is 10.7. The van der Waals surface area contributed by atoms with Crippen LogP contribution in [-0.4, -0.2) is 37.5 Å². The molecule has 0 aliphatic carbocycles. The van der Waals surface area contributed by atoms with Gasteiger partial charge in [0, 0.05) is 11.6 Å². The van der Waals surface area contributed by atoms with E-state index in [0.717, 1.165) is 22.6 Å². The molecule has 0 saturated carbocycles. The number of tetrazole rings is 1. The van der Waals surface area contributed by atoms with Crippen LogP contribution in [0.5, 0.6) is 11.5 Å². The minimum Gasteiger partial charge on any atom is -0.496 e. The monoisotopic (exact) mass is 364 g/mol. The minimum absolute atomic E-state index is 0.148. The molecule has 0 N–H and O–H groups in total. The molecule has 4 rings (SSSR count). The van der Waals surface area contributed by atoms with Crippen LogP contribution in [0, 0.1) is 6.92 Å². The molecule has 136 valence electrons. The topological polar surface area (TPSA) is 101 Å². The Morgan fingerprint density at radius 3 is 2.89 bits per heavy atom. The number of rotatable bonds is 6. The Morgan fingerprint density at radius 1 is 1.15 bits per heavy atom. The second-order valence-electron chi connectivity index (χ2n) is 5.74. The van der Waals surface area contributed by atoms with Crippen molar-refractivity contribution in [3.8, 4) is 28.6 Å². The van der Waals surface area contributed by atoms with E-state index < -0.39 is 0 Å². The van der Waals surface area contributed by atoms with E-state index >= 15 is 0 Å². The molecule has 0 fully saturated rings. The van der Waals surface area contributed by atoms with Crippen molar-refractivity contribution in [1.82, 2.24) is 30.3 Å². The van der Waals surface area contributed by atoms with Gasteiger partial charge >= 0.3 is 0 Å². The predicted octanol–water partition coefficient (Wildman–Crippen LogP) is 2.61. The molecule has 9 nitrogen and oxygen atoms in total. The van der Waals surface area contributed by atoms with Crippen LogP contribution in [-0.2, 0) is 6.61 Å². The average Bonchev–Trinajstić information content (AvgIpc) is 3.39. The number of methoxy groups -OCH3 is 1. The van der Waals surface area contributed by atoms with Crippen LogP contribution < -0.4 is 9.47 Å². The van der Waals surface area contributed by atoms with Crippen LogP contribution in [0.3, 0.4) is 0 Å². The highest BCUT2D eigenvalue weighted by atomic mass is 16.5. The molecule has 2 aromatic carbocycles. The van der Waals surface area contributed by atoms with Gasteiger partial charge in [0.1, 0.15) is 17.8 Å². The van der Waals surface area contributed by atoms with Gasteiger partial charge in [0.25, 0.3) is 5.89 Å². The number of aromatic nitrogens is 6. The van der Waals surface area contributed by atoms with Crippen LogP contribution in [0.15, 0.2) is 53.3 Å². The fourth-order valence-electron chi connectivity index (χ4n) is 2.53. The predicted molar refractivity (Wildman–Crippen MR) is 94.5 cm³/mol. The maximum Gasteiger partial charge on any atom is 0.264 e. The van der Waals surface area contributed by atoms with Crippen LogP contribution >= 0.6 is 0 Å². The molecule has 0 aliphatic heterocycles. The molecule has 2 aromatic heterocycles. The average molecular weight is 364 g/mol. The summed E-state index contributed by atoms with van der Waals surface area (Å²) in [5, 5.41) is 15.1. The Morgan fingerprint density at radius 2 is 2.07 bits per heavy atom. The lowest BCUT2D eigenvalue weighted by molar-refractivity contribution is 0.243. The van der Waals surface area contributed by atoms with Gasteiger partial charge in [-0.3, -0.25) is 0 Å². The number of ether oxygens (including phenoxy) is 2. The van der Waals surface area contributed by atoms with Crippen molar-refractivity contribution in [3.05, 3.63) is 60.2 Å². The lowest BCUT2D eigenvalue weighted by Gasteiger charge is -2.05. The van der Waals surface area contributed by atoms with Gasteiger partial charge in [-0.05, 0) is 41.1 Å². The van der Waals surface area contributed by atoms with Crippen molar-refractivity contribution in [2.75, 3.05) is 7.11 Å². The number of benzene rings is 2. The van der Waals surface area contributed by atoms with E-state index in [9.17, 15) is 0 Å². The number of aryl methyl sites for hydroxylation is 1. The van der Waals surface area contributed by atoms with E-state index in [-0.39, 0.29) is 6.61 Å². The maximum atomic E-state index is 5.74. The highest BCUT2D eigenvalue weighted by Crippen LogP contribution is 2.25. The number of hydrogen-bond acceptors (Lipinski definition) is 8. The molecular weight excluding hydrogens is 348 g/mol. The fourth-order valence-corrected chi connectivity index (χ4v) is 2.53. The Hall–Kier alpha value is -3.75. The molecule has 0 radical (unpaired) electrons. The minimum atomic E-state index is 0.148. The summed E-state index contributed by atoms with van der Waals surface area (Å²) in [4.78, 5) is 4.38. The summed E-state index contributed by atoms with van der Waals surface area (Å²) in [5.41, 5.74) is 2.64. The zero-order valence-electron chi connectivity index (χ0n) is 14.7. The summed E-state index contributed by atoms with van der Waals surface area (Å²) >= 11 is 0. The highest BCUT2D eigenvalue weighted by Gasteiger charge is 2.11. The molecule has 2 heterocycles. The van der Waals surface area contributed by atoms with E-state index in [4.69, 9.17) is 14.0 Å². The summed E-state index contributed by atoms with van der Waals surface area (Å²) in [5.74, 6) is 2.26. The largest absolute Gasteiger partial charge is 0.496 e. The Kier molecular flexibility index (Phi) is 4.48. The first kappa shape index (κ1) is 16.7. The lowest BCUT2D eigenvalue weighted by atomic mass is 10.1. The van der Waals surface area contributed by atoms with E-state index in [1.165, 1.54) is 6.33 Å². The Balaban J connectivity index is 1.47. The molecule has 0 unspecified atom stereocenters. The van der Waals surface area contributed by atoms with Crippen LogP contribution in [0.25, 0.3) is 17.1 Å². The first-order valence-corrected chi connectivity index (χ1v) is 8.17. The molecular formula is C18H16N6O3. The van der Waals surface area contributed by atoms with Gasteiger partial charge in [-0.25, -0.2) is 4.68 Å². The van der Waals surface area contributed by atoms with Gasteiger partial charge in [0.2, 0.25) is 5.82 Å². The molecule has 0 amide bonds. The Labute approximate surface area is 154 Å². The van der Waals surface area contributed by atoms with Gasteiger partial charge in [-0.2, -0.15) is 4.98 Å². The second kappa shape index (κ2) is 7.24. The summed E-state index contributed by atoms with van der Waals surface area (Å²) in [6, 6.07) is 13.1. The van der Waals surface area contributed by atoms with Gasteiger partial charge in [-0.15, -0.1) is 5.10 Å². The highest BCUT2D eigenvalue weighted by molar-refractivity contribution is 5.58. The van der Waals surface area contributed by atoms with E-state index in [1.807, 2.05) is 49.4 Å². The van der Waals surface area contributed by atoms with Crippen molar-refractivity contribution in [1.29, 1.82) is 0 Å². The quantitative estimate of drug-likeness (QED) is 0.514. The molecule has 0 spiro atoms. The third-order valence-corrected chi connectivity index (χ3v) is 3.93. The van der Waals surface area contributed by atoms with Crippen molar-refractivity contribution >= 4 is 0 Å². The zero-order valence-corrected chi connectivity index (χ0v) is 14.7. The van der Waals surface area contributed by atoms with Crippen LogP contribution in [0.2, 0.25) is 0 Å². The lowest BCUT2D eigenvalue weighted by Crippen LogP contribution is -1.98. The standard InChI is InChI=1S/C18H16N6O3/c1-12-6-7-13(8-16(12)25-2)18-20-17(27-21-18)10-26-15-5-3-4-14(9-15)24-11-19-22-23-24/h3-9,11H,10H2,1-2H3.